The van der Waals surface area contributed by atoms with Crippen LogP contribution in [-0.4, -0.2) is 45.9 Å². The largest absolute Gasteiger partial charge is 0.457 e. The minimum atomic E-state index is 0.422. The van der Waals surface area contributed by atoms with Crippen molar-refractivity contribution in [1.29, 1.82) is 0 Å². The Labute approximate surface area is 262 Å². The summed E-state index contributed by atoms with van der Waals surface area (Å²) in [5, 5.41) is 3.43. The summed E-state index contributed by atoms with van der Waals surface area (Å²) in [4.78, 5) is 14.9. The van der Waals surface area contributed by atoms with Gasteiger partial charge >= 0.3 is 0 Å². The van der Waals surface area contributed by atoms with Gasteiger partial charge in [0.15, 0.2) is 5.96 Å². The Morgan fingerprint density at radius 1 is 0.953 bits per heavy atom. The molecular formula is C36H49N5OS. The van der Waals surface area contributed by atoms with Crippen LogP contribution in [0.1, 0.15) is 93.3 Å². The molecule has 6 rings (SSSR count). The molecule has 2 aliphatic carbocycles. The Hall–Kier alpha value is -2.90. The van der Waals surface area contributed by atoms with E-state index in [1.807, 2.05) is 36.4 Å². The standard InChI is InChI=1S/C36H49N5OS/c1-27-38-30(26-43-27)21-23-40(31-14-7-3-8-15-31)22-11-18-35(28-12-5-2-6-13-28)41-25-29-24-33(19-20-34(29)39-36(41)37)42-32-16-9-4-10-17-32/h4,9-10,16-17,19-20,24,26,28,31,35H,2-3,5-8,11-15,18,21-23,25H2,1H3,(H2,37,39). The van der Waals surface area contributed by atoms with Crippen LogP contribution in [0, 0.1) is 12.8 Å². The first kappa shape index (κ1) is 30.1. The minimum Gasteiger partial charge on any atom is -0.457 e. The highest BCUT2D eigenvalue weighted by atomic mass is 32.1. The fourth-order valence-corrected chi connectivity index (χ4v) is 8.24. The smallest absolute Gasteiger partial charge is 0.197 e. The number of guanidine groups is 1. The highest BCUT2D eigenvalue weighted by Crippen LogP contribution is 2.37. The second-order valence-electron chi connectivity index (χ2n) is 12.8. The molecule has 1 aromatic heterocycles. The first-order valence-electron chi connectivity index (χ1n) is 16.7. The number of hydrogen-bond donors (Lipinski definition) is 1. The maximum absolute atomic E-state index is 6.75. The van der Waals surface area contributed by atoms with E-state index in [9.17, 15) is 0 Å². The molecule has 7 heteroatoms. The quantitative estimate of drug-likeness (QED) is 0.226. The highest BCUT2D eigenvalue weighted by molar-refractivity contribution is 7.09. The van der Waals surface area contributed by atoms with Crippen LogP contribution in [0.3, 0.4) is 0 Å². The normalized spacial score (nSPS) is 18.8. The molecule has 1 aliphatic heterocycles. The molecular weight excluding hydrogens is 550 g/mol. The van der Waals surface area contributed by atoms with Crippen molar-refractivity contribution in [2.75, 3.05) is 13.1 Å². The molecule has 1 atom stereocenters. The van der Waals surface area contributed by atoms with Gasteiger partial charge in [0.05, 0.1) is 16.4 Å². The van der Waals surface area contributed by atoms with E-state index in [-0.39, 0.29) is 0 Å². The van der Waals surface area contributed by atoms with E-state index in [0.29, 0.717) is 17.9 Å². The van der Waals surface area contributed by atoms with Crippen molar-refractivity contribution in [3.63, 3.8) is 0 Å². The summed E-state index contributed by atoms with van der Waals surface area (Å²) < 4.78 is 6.18. The van der Waals surface area contributed by atoms with E-state index >= 15 is 0 Å². The highest BCUT2D eigenvalue weighted by Gasteiger charge is 2.32. The van der Waals surface area contributed by atoms with Gasteiger partial charge in [0, 0.05) is 42.5 Å². The van der Waals surface area contributed by atoms with Gasteiger partial charge in [0.25, 0.3) is 0 Å². The summed E-state index contributed by atoms with van der Waals surface area (Å²) in [5.41, 5.74) is 10.2. The van der Waals surface area contributed by atoms with Gasteiger partial charge in [-0.3, -0.25) is 4.90 Å². The Kier molecular flexibility index (Phi) is 10.3. The van der Waals surface area contributed by atoms with E-state index in [1.54, 1.807) is 11.3 Å². The van der Waals surface area contributed by atoms with Gasteiger partial charge in [0.1, 0.15) is 11.5 Å². The monoisotopic (exact) mass is 599 g/mol. The van der Waals surface area contributed by atoms with Crippen molar-refractivity contribution in [3.8, 4) is 11.5 Å². The summed E-state index contributed by atoms with van der Waals surface area (Å²) in [5.74, 6) is 3.07. The molecule has 3 aliphatic rings. The summed E-state index contributed by atoms with van der Waals surface area (Å²) in [6.45, 7) is 5.19. The van der Waals surface area contributed by atoms with E-state index < -0.39 is 0 Å². The average Bonchev–Trinajstić information content (AvgIpc) is 3.47. The Balaban J connectivity index is 1.15. The third-order valence-corrected chi connectivity index (χ3v) is 10.7. The summed E-state index contributed by atoms with van der Waals surface area (Å²) in [7, 11) is 0. The second-order valence-corrected chi connectivity index (χ2v) is 13.9. The van der Waals surface area contributed by atoms with Crippen molar-refractivity contribution in [1.82, 2.24) is 14.8 Å². The first-order chi connectivity index (χ1) is 21.1. The van der Waals surface area contributed by atoms with Crippen molar-refractivity contribution in [3.05, 3.63) is 70.2 Å². The summed E-state index contributed by atoms with van der Waals surface area (Å²) in [6, 6.07) is 17.4. The Bertz CT molecular complexity index is 1330. The maximum Gasteiger partial charge on any atom is 0.197 e. The van der Waals surface area contributed by atoms with E-state index in [0.717, 1.165) is 55.7 Å². The van der Waals surface area contributed by atoms with Crippen molar-refractivity contribution < 1.29 is 4.74 Å². The molecule has 0 bridgehead atoms. The first-order valence-corrected chi connectivity index (χ1v) is 17.6. The molecule has 2 aromatic carbocycles. The molecule has 43 heavy (non-hydrogen) atoms. The zero-order valence-corrected chi connectivity index (χ0v) is 26.7. The van der Waals surface area contributed by atoms with Crippen LogP contribution in [0.15, 0.2) is 58.9 Å². The lowest BCUT2D eigenvalue weighted by molar-refractivity contribution is 0.132. The molecule has 0 radical (unpaired) electrons. The number of hydrogen-bond acceptors (Lipinski definition) is 7. The molecule has 6 nitrogen and oxygen atoms in total. The van der Waals surface area contributed by atoms with Crippen molar-refractivity contribution in [2.24, 2.45) is 16.6 Å². The number of para-hydroxylation sites is 1. The van der Waals surface area contributed by atoms with Gasteiger partial charge < -0.3 is 15.4 Å². The second kappa shape index (κ2) is 14.7. The molecule has 230 valence electrons. The zero-order valence-electron chi connectivity index (χ0n) is 25.9. The fourth-order valence-electron chi connectivity index (χ4n) is 7.60. The van der Waals surface area contributed by atoms with Crippen LogP contribution in [0.2, 0.25) is 0 Å². The van der Waals surface area contributed by atoms with Crippen molar-refractivity contribution in [2.45, 2.75) is 109 Å². The van der Waals surface area contributed by atoms with E-state index in [4.69, 9.17) is 20.4 Å². The van der Waals surface area contributed by atoms with Crippen LogP contribution in [0.25, 0.3) is 0 Å². The van der Waals surface area contributed by atoms with Gasteiger partial charge in [-0.1, -0.05) is 56.7 Å². The SMILES string of the molecule is Cc1nc(CCN(CCCC(C2CCCCC2)N2Cc3cc(Oc4ccccc4)ccc3N=C2N)C2CCCCC2)cs1. The third kappa shape index (κ3) is 7.98. The van der Waals surface area contributed by atoms with Crippen LogP contribution >= 0.6 is 11.3 Å². The molecule has 0 saturated heterocycles. The van der Waals surface area contributed by atoms with Crippen LogP contribution in [-0.2, 0) is 13.0 Å². The topological polar surface area (TPSA) is 67.0 Å². The van der Waals surface area contributed by atoms with Gasteiger partial charge in [-0.25, -0.2) is 9.98 Å². The molecule has 2 heterocycles. The predicted molar refractivity (Wildman–Crippen MR) is 178 cm³/mol. The lowest BCUT2D eigenvalue weighted by Crippen LogP contribution is -2.49. The van der Waals surface area contributed by atoms with Crippen molar-refractivity contribution >= 4 is 23.0 Å². The molecule has 2 saturated carbocycles. The summed E-state index contributed by atoms with van der Waals surface area (Å²) >= 11 is 1.78. The number of benzene rings is 2. The van der Waals surface area contributed by atoms with Gasteiger partial charge in [-0.2, -0.15) is 0 Å². The lowest BCUT2D eigenvalue weighted by atomic mass is 9.81. The van der Waals surface area contributed by atoms with Crippen LogP contribution in [0.4, 0.5) is 5.69 Å². The number of nitrogens with two attached hydrogens (primary N) is 1. The maximum atomic E-state index is 6.75. The van der Waals surface area contributed by atoms with Gasteiger partial charge in [0.2, 0.25) is 0 Å². The summed E-state index contributed by atoms with van der Waals surface area (Å²) in [6.07, 6.45) is 16.9. The molecule has 1 unspecified atom stereocenters. The Morgan fingerprint density at radius 2 is 1.72 bits per heavy atom. The third-order valence-electron chi connectivity index (χ3n) is 9.85. The fraction of sp³-hybridized carbons (Fsp3) is 0.556. The number of nitrogens with zero attached hydrogens (tertiary/aromatic N) is 4. The average molecular weight is 600 g/mol. The number of rotatable bonds is 12. The predicted octanol–water partition coefficient (Wildman–Crippen LogP) is 8.61. The molecule has 0 amide bonds. The van der Waals surface area contributed by atoms with Gasteiger partial charge in [-0.05, 0) is 88.2 Å². The molecule has 2 N–H and O–H groups in total. The van der Waals surface area contributed by atoms with E-state index in [2.05, 4.69) is 34.2 Å². The molecule has 0 spiro atoms. The number of fused-ring (bicyclic) bond motifs is 1. The van der Waals surface area contributed by atoms with Crippen LogP contribution < -0.4 is 10.5 Å². The van der Waals surface area contributed by atoms with Gasteiger partial charge in [-0.15, -0.1) is 11.3 Å². The minimum absolute atomic E-state index is 0.422. The lowest BCUT2D eigenvalue weighted by Gasteiger charge is -2.42. The molecule has 2 fully saturated rings. The number of aryl methyl sites for hydroxylation is 1. The zero-order chi connectivity index (χ0) is 29.4. The van der Waals surface area contributed by atoms with E-state index in [1.165, 1.54) is 86.9 Å². The number of aliphatic imine (C=N–C) groups is 1. The Morgan fingerprint density at radius 3 is 2.47 bits per heavy atom. The number of aromatic nitrogens is 1. The molecule has 3 aromatic rings. The number of thiazole rings is 1. The van der Waals surface area contributed by atoms with Crippen LogP contribution in [0.5, 0.6) is 11.5 Å². The number of ether oxygens (including phenoxy) is 1.